The van der Waals surface area contributed by atoms with Crippen LogP contribution in [0, 0.1) is 12.8 Å². The van der Waals surface area contributed by atoms with Crippen LogP contribution in [0.4, 0.5) is 5.69 Å². The zero-order valence-corrected chi connectivity index (χ0v) is 15.8. The van der Waals surface area contributed by atoms with Gasteiger partial charge < -0.3 is 9.88 Å². The second-order valence-electron chi connectivity index (χ2n) is 7.17. The molecule has 1 atom stereocenters. The highest BCUT2D eigenvalue weighted by Gasteiger charge is 2.27. The number of benzene rings is 1. The smallest absolute Gasteiger partial charge is 0.255 e. The summed E-state index contributed by atoms with van der Waals surface area (Å²) < 4.78 is 0. The Bertz CT molecular complexity index is 1080. The van der Waals surface area contributed by atoms with Crippen LogP contribution in [0.5, 0.6) is 0 Å². The van der Waals surface area contributed by atoms with E-state index in [-0.39, 0.29) is 17.9 Å². The van der Waals surface area contributed by atoms with Crippen LogP contribution in [-0.2, 0) is 17.6 Å². The largest absolute Gasteiger partial charge is 0.312 e. The van der Waals surface area contributed by atoms with Gasteiger partial charge in [-0.05, 0) is 37.0 Å². The van der Waals surface area contributed by atoms with Gasteiger partial charge in [-0.1, -0.05) is 25.1 Å². The lowest BCUT2D eigenvalue weighted by Gasteiger charge is -2.33. The summed E-state index contributed by atoms with van der Waals surface area (Å²) in [5, 5.41) is 0. The maximum absolute atomic E-state index is 13.1. The number of aromatic amines is 1. The fraction of sp³-hybridized carbons (Fsp3) is 0.286. The van der Waals surface area contributed by atoms with Crippen molar-refractivity contribution in [3.63, 3.8) is 0 Å². The number of para-hydroxylation sites is 1. The maximum Gasteiger partial charge on any atom is 0.255 e. The van der Waals surface area contributed by atoms with E-state index in [1.54, 1.807) is 30.3 Å². The minimum absolute atomic E-state index is 0.00511. The van der Waals surface area contributed by atoms with Crippen molar-refractivity contribution < 1.29 is 4.79 Å². The van der Waals surface area contributed by atoms with Gasteiger partial charge in [0.05, 0.1) is 6.42 Å². The molecule has 1 aliphatic heterocycles. The predicted molar refractivity (Wildman–Crippen MR) is 106 cm³/mol. The van der Waals surface area contributed by atoms with E-state index in [2.05, 4.69) is 32.9 Å². The van der Waals surface area contributed by atoms with E-state index in [0.29, 0.717) is 35.4 Å². The van der Waals surface area contributed by atoms with E-state index in [4.69, 9.17) is 0 Å². The summed E-state index contributed by atoms with van der Waals surface area (Å²) in [6, 6.07) is 9.63. The molecular weight excluding hydrogens is 354 g/mol. The van der Waals surface area contributed by atoms with Crippen molar-refractivity contribution in [1.29, 1.82) is 0 Å². The van der Waals surface area contributed by atoms with Gasteiger partial charge in [-0.15, -0.1) is 0 Å². The van der Waals surface area contributed by atoms with Gasteiger partial charge in [0, 0.05) is 35.9 Å². The van der Waals surface area contributed by atoms with Crippen LogP contribution < -0.4 is 10.5 Å². The Morgan fingerprint density at radius 2 is 1.96 bits per heavy atom. The van der Waals surface area contributed by atoms with Gasteiger partial charge in [0.15, 0.2) is 11.6 Å². The number of carbonyl (C=O) groups is 1. The van der Waals surface area contributed by atoms with Crippen LogP contribution in [-0.4, -0.2) is 32.4 Å². The number of carbonyl (C=O) groups excluding carboxylic acids is 1. The summed E-state index contributed by atoms with van der Waals surface area (Å²) in [5.74, 6) is 0.919. The van der Waals surface area contributed by atoms with E-state index in [0.717, 1.165) is 17.7 Å². The molecule has 0 aliphatic carbocycles. The first-order valence-electron chi connectivity index (χ1n) is 9.28. The number of anilines is 1. The van der Waals surface area contributed by atoms with E-state index >= 15 is 0 Å². The average Bonchev–Trinajstić information content (AvgIpc) is 2.70. The van der Waals surface area contributed by atoms with E-state index in [1.807, 2.05) is 18.2 Å². The third-order valence-electron chi connectivity index (χ3n) is 4.97. The monoisotopic (exact) mass is 375 g/mol. The number of hydrogen-bond acceptors (Lipinski definition) is 5. The molecule has 7 nitrogen and oxygen atoms in total. The van der Waals surface area contributed by atoms with Crippen molar-refractivity contribution in [3.05, 3.63) is 69.9 Å². The molecule has 0 saturated heterocycles. The lowest BCUT2D eigenvalue weighted by molar-refractivity contribution is -0.118. The SMILES string of the molecule is Cc1nc(-c2ncccn2)[nH]c(=O)c1CC(=O)N1CC(C)Cc2ccccc21. The number of fused-ring (bicyclic) bond motifs is 1. The quantitative estimate of drug-likeness (QED) is 0.758. The van der Waals surface area contributed by atoms with Crippen molar-refractivity contribution in [2.75, 3.05) is 11.4 Å². The molecule has 0 radical (unpaired) electrons. The summed E-state index contributed by atoms with van der Waals surface area (Å²) in [4.78, 5) is 42.8. The van der Waals surface area contributed by atoms with Crippen molar-refractivity contribution in [3.8, 4) is 11.6 Å². The molecular formula is C21H21N5O2. The third kappa shape index (κ3) is 3.43. The topological polar surface area (TPSA) is 91.8 Å². The molecule has 3 heterocycles. The summed E-state index contributed by atoms with van der Waals surface area (Å²) in [7, 11) is 0. The van der Waals surface area contributed by atoms with E-state index in [1.165, 1.54) is 0 Å². The summed E-state index contributed by atoms with van der Waals surface area (Å²) in [5.41, 5.74) is 2.65. The van der Waals surface area contributed by atoms with Crippen LogP contribution in [0.3, 0.4) is 0 Å². The summed E-state index contributed by atoms with van der Waals surface area (Å²) in [6.45, 7) is 4.51. The molecule has 1 amide bonds. The van der Waals surface area contributed by atoms with Crippen LogP contribution in [0.15, 0.2) is 47.5 Å². The highest BCUT2D eigenvalue weighted by molar-refractivity contribution is 5.96. The fourth-order valence-corrected chi connectivity index (χ4v) is 3.63. The minimum atomic E-state index is -0.332. The van der Waals surface area contributed by atoms with Crippen LogP contribution in [0.25, 0.3) is 11.6 Å². The molecule has 3 aromatic rings. The molecule has 1 N–H and O–H groups in total. The Kier molecular flexibility index (Phi) is 4.73. The number of nitrogens with zero attached hydrogens (tertiary/aromatic N) is 4. The first-order chi connectivity index (χ1) is 13.5. The van der Waals surface area contributed by atoms with Gasteiger partial charge in [0.1, 0.15) is 0 Å². The first-order valence-corrected chi connectivity index (χ1v) is 9.28. The molecule has 0 saturated carbocycles. The van der Waals surface area contributed by atoms with Gasteiger partial charge in [0.25, 0.3) is 5.56 Å². The predicted octanol–water partition coefficient (Wildman–Crippen LogP) is 2.30. The Morgan fingerprint density at radius 3 is 2.71 bits per heavy atom. The molecule has 2 aromatic heterocycles. The van der Waals surface area contributed by atoms with Gasteiger partial charge in [-0.3, -0.25) is 9.59 Å². The van der Waals surface area contributed by atoms with Gasteiger partial charge in [0.2, 0.25) is 5.91 Å². The zero-order chi connectivity index (χ0) is 19.7. The first kappa shape index (κ1) is 18.0. The van der Waals surface area contributed by atoms with Crippen molar-refractivity contribution in [2.45, 2.75) is 26.7 Å². The molecule has 1 aromatic carbocycles. The van der Waals surface area contributed by atoms with Crippen molar-refractivity contribution >= 4 is 11.6 Å². The Balaban J connectivity index is 1.63. The molecule has 28 heavy (non-hydrogen) atoms. The number of rotatable bonds is 3. The third-order valence-corrected chi connectivity index (χ3v) is 4.97. The minimum Gasteiger partial charge on any atom is -0.312 e. The molecule has 7 heteroatoms. The molecule has 0 bridgehead atoms. The van der Waals surface area contributed by atoms with E-state index in [9.17, 15) is 9.59 Å². The number of amides is 1. The van der Waals surface area contributed by atoms with Crippen LogP contribution in [0.1, 0.15) is 23.7 Å². The standard InChI is InChI=1S/C21H21N5O2/c1-13-10-15-6-3-4-7-17(15)26(12-13)18(27)11-16-14(2)24-20(25-21(16)28)19-22-8-5-9-23-19/h3-9,13H,10-12H2,1-2H3,(H,24,25,28). The second-order valence-corrected chi connectivity index (χ2v) is 7.17. The van der Waals surface area contributed by atoms with Crippen LogP contribution in [0.2, 0.25) is 0 Å². The van der Waals surface area contributed by atoms with Crippen molar-refractivity contribution in [2.24, 2.45) is 5.92 Å². The Hall–Kier alpha value is -3.35. The van der Waals surface area contributed by atoms with Gasteiger partial charge in [-0.25, -0.2) is 15.0 Å². The molecule has 1 unspecified atom stereocenters. The number of hydrogen-bond donors (Lipinski definition) is 1. The number of aryl methyl sites for hydroxylation is 1. The lowest BCUT2D eigenvalue weighted by Crippen LogP contribution is -2.41. The second kappa shape index (κ2) is 7.34. The van der Waals surface area contributed by atoms with Gasteiger partial charge >= 0.3 is 0 Å². The number of aromatic nitrogens is 4. The lowest BCUT2D eigenvalue weighted by atomic mass is 9.93. The fourth-order valence-electron chi connectivity index (χ4n) is 3.63. The Labute approximate surface area is 162 Å². The van der Waals surface area contributed by atoms with Gasteiger partial charge in [-0.2, -0.15) is 0 Å². The van der Waals surface area contributed by atoms with Crippen LogP contribution >= 0.6 is 0 Å². The van der Waals surface area contributed by atoms with E-state index < -0.39 is 0 Å². The number of H-pyrrole nitrogens is 1. The Morgan fingerprint density at radius 1 is 1.21 bits per heavy atom. The van der Waals surface area contributed by atoms with Crippen molar-refractivity contribution in [1.82, 2.24) is 19.9 Å². The maximum atomic E-state index is 13.1. The summed E-state index contributed by atoms with van der Waals surface area (Å²) >= 11 is 0. The average molecular weight is 375 g/mol. The molecule has 0 fully saturated rings. The highest BCUT2D eigenvalue weighted by Crippen LogP contribution is 2.29. The molecule has 1 aliphatic rings. The summed E-state index contributed by atoms with van der Waals surface area (Å²) in [6.07, 6.45) is 4.13. The molecule has 0 spiro atoms. The molecule has 142 valence electrons. The highest BCUT2D eigenvalue weighted by atomic mass is 16.2. The molecule has 4 rings (SSSR count). The number of nitrogens with one attached hydrogen (secondary N) is 1. The normalized spacial score (nSPS) is 15.9. The zero-order valence-electron chi connectivity index (χ0n) is 15.8.